The summed E-state index contributed by atoms with van der Waals surface area (Å²) in [5.41, 5.74) is 5.01. The number of oxime groups is 1. The molecule has 0 aliphatic rings. The van der Waals surface area contributed by atoms with Crippen LogP contribution in [0, 0.1) is 0 Å². The molecule has 0 amide bonds. The standard InChI is InChI=1S/C5H6N4O2/c6-5-8-3(2-7-11)1-4(10)9-5/h1-2,11H,(H3,6,8,9,10). The van der Waals surface area contributed by atoms with E-state index in [0.717, 1.165) is 12.3 Å². The van der Waals surface area contributed by atoms with E-state index in [1.54, 1.807) is 0 Å². The van der Waals surface area contributed by atoms with Gasteiger partial charge in [0, 0.05) is 6.07 Å². The first-order chi connectivity index (χ1) is 5.22. The first-order valence-electron chi connectivity index (χ1n) is 2.76. The summed E-state index contributed by atoms with van der Waals surface area (Å²) in [4.78, 5) is 16.5. The van der Waals surface area contributed by atoms with Crippen LogP contribution in [0.4, 0.5) is 5.95 Å². The highest BCUT2D eigenvalue weighted by molar-refractivity contribution is 5.76. The summed E-state index contributed by atoms with van der Waals surface area (Å²) in [6.45, 7) is 0. The molecule has 0 spiro atoms. The van der Waals surface area contributed by atoms with Crippen molar-refractivity contribution in [2.45, 2.75) is 0 Å². The fourth-order valence-electron chi connectivity index (χ4n) is 0.621. The van der Waals surface area contributed by atoms with Crippen molar-refractivity contribution in [2.75, 3.05) is 5.73 Å². The van der Waals surface area contributed by atoms with Gasteiger partial charge in [-0.05, 0) is 0 Å². The van der Waals surface area contributed by atoms with Crippen molar-refractivity contribution in [1.82, 2.24) is 9.97 Å². The lowest BCUT2D eigenvalue weighted by Crippen LogP contribution is -2.11. The molecule has 58 valence electrons. The maximum absolute atomic E-state index is 10.7. The number of nitrogens with one attached hydrogen (secondary N) is 1. The number of aromatic nitrogens is 2. The summed E-state index contributed by atoms with van der Waals surface area (Å²) in [5, 5.41) is 10.8. The fourth-order valence-corrected chi connectivity index (χ4v) is 0.621. The number of hydrogen-bond donors (Lipinski definition) is 3. The zero-order chi connectivity index (χ0) is 8.27. The number of nitrogens with two attached hydrogens (primary N) is 1. The fraction of sp³-hybridized carbons (Fsp3) is 0. The Labute approximate surface area is 61.4 Å². The normalized spacial score (nSPS) is 10.5. The minimum absolute atomic E-state index is 0.00704. The molecule has 0 saturated carbocycles. The van der Waals surface area contributed by atoms with Gasteiger partial charge in [-0.2, -0.15) is 0 Å². The van der Waals surface area contributed by atoms with Gasteiger partial charge in [-0.1, -0.05) is 5.16 Å². The third-order valence-corrected chi connectivity index (χ3v) is 0.970. The van der Waals surface area contributed by atoms with Gasteiger partial charge in [0.1, 0.15) is 0 Å². The number of H-pyrrole nitrogens is 1. The highest BCUT2D eigenvalue weighted by atomic mass is 16.4. The largest absolute Gasteiger partial charge is 0.411 e. The Morgan fingerprint density at radius 3 is 3.09 bits per heavy atom. The summed E-state index contributed by atoms with van der Waals surface area (Å²) in [5.74, 6) is -0.00704. The van der Waals surface area contributed by atoms with Gasteiger partial charge in [0.2, 0.25) is 5.95 Å². The average molecular weight is 154 g/mol. The van der Waals surface area contributed by atoms with Gasteiger partial charge in [-0.15, -0.1) is 0 Å². The number of rotatable bonds is 1. The number of aromatic amines is 1. The second kappa shape index (κ2) is 2.82. The maximum Gasteiger partial charge on any atom is 0.252 e. The van der Waals surface area contributed by atoms with Gasteiger partial charge in [-0.25, -0.2) is 4.98 Å². The Hall–Kier alpha value is -1.85. The van der Waals surface area contributed by atoms with E-state index in [-0.39, 0.29) is 17.2 Å². The lowest BCUT2D eigenvalue weighted by molar-refractivity contribution is 0.321. The number of nitrogens with zero attached hydrogens (tertiary/aromatic N) is 2. The molecule has 0 aliphatic carbocycles. The second-order valence-corrected chi connectivity index (χ2v) is 1.80. The van der Waals surface area contributed by atoms with Crippen molar-refractivity contribution in [1.29, 1.82) is 0 Å². The van der Waals surface area contributed by atoms with E-state index in [9.17, 15) is 4.79 Å². The van der Waals surface area contributed by atoms with Gasteiger partial charge in [-0.3, -0.25) is 9.78 Å². The summed E-state index contributed by atoms with van der Waals surface area (Å²) in [6, 6.07) is 1.16. The summed E-state index contributed by atoms with van der Waals surface area (Å²) in [7, 11) is 0. The smallest absolute Gasteiger partial charge is 0.252 e. The van der Waals surface area contributed by atoms with Crippen molar-refractivity contribution in [2.24, 2.45) is 5.16 Å². The van der Waals surface area contributed by atoms with Crippen LogP contribution in [0.2, 0.25) is 0 Å². The Kier molecular flexibility index (Phi) is 1.86. The van der Waals surface area contributed by atoms with Crippen LogP contribution in [0.3, 0.4) is 0 Å². The van der Waals surface area contributed by atoms with Gasteiger partial charge >= 0.3 is 0 Å². The maximum atomic E-state index is 10.7. The van der Waals surface area contributed by atoms with Gasteiger partial charge < -0.3 is 10.9 Å². The van der Waals surface area contributed by atoms with Crippen molar-refractivity contribution in [3.05, 3.63) is 22.1 Å². The number of hydrogen-bond acceptors (Lipinski definition) is 5. The summed E-state index contributed by atoms with van der Waals surface area (Å²) in [6.07, 6.45) is 1.02. The van der Waals surface area contributed by atoms with Crippen LogP contribution in [-0.2, 0) is 0 Å². The van der Waals surface area contributed by atoms with E-state index < -0.39 is 0 Å². The monoisotopic (exact) mass is 154 g/mol. The number of nitrogen functional groups attached to an aromatic ring is 1. The molecular weight excluding hydrogens is 148 g/mol. The van der Waals surface area contributed by atoms with Crippen LogP contribution in [0.15, 0.2) is 16.0 Å². The zero-order valence-corrected chi connectivity index (χ0v) is 5.48. The average Bonchev–Trinajstić information content (AvgIpc) is 1.85. The molecule has 11 heavy (non-hydrogen) atoms. The predicted octanol–water partition coefficient (Wildman–Crippen LogP) is -0.840. The van der Waals surface area contributed by atoms with Gasteiger partial charge in [0.05, 0.1) is 11.9 Å². The molecule has 0 atom stereocenters. The van der Waals surface area contributed by atoms with E-state index in [0.29, 0.717) is 0 Å². The molecular formula is C5H6N4O2. The van der Waals surface area contributed by atoms with E-state index in [2.05, 4.69) is 15.1 Å². The molecule has 1 aromatic rings. The van der Waals surface area contributed by atoms with E-state index in [4.69, 9.17) is 10.9 Å². The molecule has 6 heteroatoms. The van der Waals surface area contributed by atoms with Crippen LogP contribution in [-0.4, -0.2) is 21.4 Å². The molecule has 0 unspecified atom stereocenters. The van der Waals surface area contributed by atoms with Gasteiger partial charge in [0.25, 0.3) is 5.56 Å². The quantitative estimate of drug-likeness (QED) is 0.278. The SMILES string of the molecule is Nc1nc(C=NO)cc(=O)[nH]1. The first-order valence-corrected chi connectivity index (χ1v) is 2.76. The highest BCUT2D eigenvalue weighted by Crippen LogP contribution is 1.87. The third-order valence-electron chi connectivity index (χ3n) is 0.970. The molecule has 0 saturated heterocycles. The molecule has 1 rings (SSSR count). The molecule has 0 fully saturated rings. The lowest BCUT2D eigenvalue weighted by atomic mass is 10.4. The van der Waals surface area contributed by atoms with Crippen LogP contribution >= 0.6 is 0 Å². The Bertz CT molecular complexity index is 329. The minimum atomic E-state index is -0.382. The molecule has 0 bridgehead atoms. The van der Waals surface area contributed by atoms with Crippen LogP contribution < -0.4 is 11.3 Å². The van der Waals surface area contributed by atoms with Crippen molar-refractivity contribution in [3.63, 3.8) is 0 Å². The highest BCUT2D eigenvalue weighted by Gasteiger charge is 1.93. The van der Waals surface area contributed by atoms with Crippen LogP contribution in [0.1, 0.15) is 5.69 Å². The molecule has 4 N–H and O–H groups in total. The van der Waals surface area contributed by atoms with Gasteiger partial charge in [0.15, 0.2) is 0 Å². The lowest BCUT2D eigenvalue weighted by Gasteiger charge is -1.91. The molecule has 0 aliphatic heterocycles. The predicted molar refractivity (Wildman–Crippen MR) is 38.7 cm³/mol. The summed E-state index contributed by atoms with van der Waals surface area (Å²) >= 11 is 0. The molecule has 0 aromatic carbocycles. The zero-order valence-electron chi connectivity index (χ0n) is 5.48. The van der Waals surface area contributed by atoms with E-state index in [1.807, 2.05) is 0 Å². The Morgan fingerprint density at radius 1 is 1.82 bits per heavy atom. The molecule has 1 aromatic heterocycles. The first kappa shape index (κ1) is 7.26. The summed E-state index contributed by atoms with van der Waals surface area (Å²) < 4.78 is 0. The molecule has 6 nitrogen and oxygen atoms in total. The van der Waals surface area contributed by atoms with Crippen molar-refractivity contribution in [3.8, 4) is 0 Å². The van der Waals surface area contributed by atoms with Crippen LogP contribution in [0.5, 0.6) is 0 Å². The van der Waals surface area contributed by atoms with Crippen LogP contribution in [0.25, 0.3) is 0 Å². The second-order valence-electron chi connectivity index (χ2n) is 1.80. The molecule has 1 heterocycles. The third kappa shape index (κ3) is 1.78. The topological polar surface area (TPSA) is 104 Å². The minimum Gasteiger partial charge on any atom is -0.411 e. The van der Waals surface area contributed by atoms with Crippen molar-refractivity contribution < 1.29 is 5.21 Å². The van der Waals surface area contributed by atoms with E-state index in [1.165, 1.54) is 0 Å². The molecule has 0 radical (unpaired) electrons. The number of anilines is 1. The van der Waals surface area contributed by atoms with Crippen molar-refractivity contribution >= 4 is 12.2 Å². The Balaban J connectivity index is 3.19. The Morgan fingerprint density at radius 2 is 2.55 bits per heavy atom. The van der Waals surface area contributed by atoms with E-state index >= 15 is 0 Å².